The molecule has 4 nitrogen and oxygen atoms in total. The van der Waals surface area contributed by atoms with Gasteiger partial charge in [0.05, 0.1) is 4.92 Å². The van der Waals surface area contributed by atoms with Gasteiger partial charge in [-0.1, -0.05) is 35.9 Å². The van der Waals surface area contributed by atoms with E-state index in [-0.39, 0.29) is 11.5 Å². The highest BCUT2D eigenvalue weighted by Gasteiger charge is 2.10. The monoisotopic (exact) mass is 295 g/mol. The molecule has 0 aromatic heterocycles. The minimum atomic E-state index is -0.451. The van der Waals surface area contributed by atoms with E-state index in [0.29, 0.717) is 11.1 Å². The highest BCUT2D eigenvalue weighted by Crippen LogP contribution is 2.19. The van der Waals surface area contributed by atoms with Crippen molar-refractivity contribution in [2.45, 2.75) is 20.8 Å². The maximum absolute atomic E-state index is 12.4. The van der Waals surface area contributed by atoms with Crippen LogP contribution < -0.4 is 0 Å². The van der Waals surface area contributed by atoms with Crippen LogP contribution in [0.2, 0.25) is 0 Å². The number of carbonyl (C=O) groups is 1. The lowest BCUT2D eigenvalue weighted by molar-refractivity contribution is -0.384. The van der Waals surface area contributed by atoms with Gasteiger partial charge in [-0.25, -0.2) is 0 Å². The van der Waals surface area contributed by atoms with E-state index in [2.05, 4.69) is 0 Å². The minimum Gasteiger partial charge on any atom is -0.289 e. The van der Waals surface area contributed by atoms with Gasteiger partial charge in [0.1, 0.15) is 0 Å². The van der Waals surface area contributed by atoms with Crippen molar-refractivity contribution >= 4 is 17.5 Å². The number of nitrogens with zero attached hydrogens (tertiary/aromatic N) is 1. The van der Waals surface area contributed by atoms with Gasteiger partial charge in [0.2, 0.25) is 0 Å². The standard InChI is InChI=1S/C18H17NO3/c1-12-9-13(2)18(14(3)10-12)17(20)8-7-15-5-4-6-16(11-15)19(21)22/h4-11H,1-3H3/b8-7+. The van der Waals surface area contributed by atoms with Gasteiger partial charge in [0.25, 0.3) is 5.69 Å². The van der Waals surface area contributed by atoms with Crippen LogP contribution >= 0.6 is 0 Å². The summed E-state index contributed by atoms with van der Waals surface area (Å²) in [7, 11) is 0. The Bertz CT molecular complexity index is 753. The van der Waals surface area contributed by atoms with Crippen LogP contribution in [0.5, 0.6) is 0 Å². The van der Waals surface area contributed by atoms with E-state index in [1.807, 2.05) is 32.9 Å². The molecule has 112 valence electrons. The molecule has 0 amide bonds. The third kappa shape index (κ3) is 3.47. The Morgan fingerprint density at radius 1 is 1.09 bits per heavy atom. The van der Waals surface area contributed by atoms with Crippen molar-refractivity contribution in [3.05, 3.63) is 80.4 Å². The molecule has 0 unspecified atom stereocenters. The zero-order valence-corrected chi connectivity index (χ0v) is 12.8. The molecule has 0 saturated carbocycles. The van der Waals surface area contributed by atoms with Gasteiger partial charge in [-0.15, -0.1) is 0 Å². The van der Waals surface area contributed by atoms with E-state index in [4.69, 9.17) is 0 Å². The molecule has 2 rings (SSSR count). The highest BCUT2D eigenvalue weighted by molar-refractivity contribution is 6.08. The van der Waals surface area contributed by atoms with Gasteiger partial charge in [0, 0.05) is 17.7 Å². The van der Waals surface area contributed by atoms with Crippen molar-refractivity contribution in [3.8, 4) is 0 Å². The Morgan fingerprint density at radius 3 is 2.32 bits per heavy atom. The summed E-state index contributed by atoms with van der Waals surface area (Å²) in [6.45, 7) is 5.82. The average molecular weight is 295 g/mol. The molecule has 0 aliphatic heterocycles. The predicted molar refractivity (Wildman–Crippen MR) is 87.1 cm³/mol. The summed E-state index contributed by atoms with van der Waals surface area (Å²) in [6, 6.07) is 10.1. The lowest BCUT2D eigenvalue weighted by atomic mass is 9.96. The second-order valence-corrected chi connectivity index (χ2v) is 5.32. The zero-order valence-electron chi connectivity index (χ0n) is 12.8. The molecule has 4 heteroatoms. The van der Waals surface area contributed by atoms with Gasteiger partial charge in [-0.2, -0.15) is 0 Å². The Morgan fingerprint density at radius 2 is 1.73 bits per heavy atom. The van der Waals surface area contributed by atoms with E-state index in [1.165, 1.54) is 18.2 Å². The van der Waals surface area contributed by atoms with Gasteiger partial charge >= 0.3 is 0 Å². The van der Waals surface area contributed by atoms with Crippen LogP contribution in [0, 0.1) is 30.9 Å². The van der Waals surface area contributed by atoms with Crippen molar-refractivity contribution in [2.24, 2.45) is 0 Å². The quantitative estimate of drug-likeness (QED) is 0.363. The van der Waals surface area contributed by atoms with Crippen molar-refractivity contribution < 1.29 is 9.72 Å². The molecule has 0 atom stereocenters. The number of carbonyl (C=O) groups excluding carboxylic acids is 1. The molecule has 2 aromatic carbocycles. The SMILES string of the molecule is Cc1cc(C)c(C(=O)/C=C/c2cccc([N+](=O)[O-])c2)c(C)c1. The second-order valence-electron chi connectivity index (χ2n) is 5.32. The maximum Gasteiger partial charge on any atom is 0.270 e. The zero-order chi connectivity index (χ0) is 16.3. The minimum absolute atomic E-state index is 0.0114. The summed E-state index contributed by atoms with van der Waals surface area (Å²) < 4.78 is 0. The maximum atomic E-state index is 12.4. The van der Waals surface area contributed by atoms with Crippen LogP contribution in [0.3, 0.4) is 0 Å². The van der Waals surface area contributed by atoms with Crippen LogP contribution in [-0.2, 0) is 0 Å². The fourth-order valence-corrected chi connectivity index (χ4v) is 2.57. The fourth-order valence-electron chi connectivity index (χ4n) is 2.57. The van der Waals surface area contributed by atoms with Gasteiger partial charge in [0.15, 0.2) is 5.78 Å². The molecule has 0 fully saturated rings. The Kier molecular flexibility index (Phi) is 4.51. The predicted octanol–water partition coefficient (Wildman–Crippen LogP) is 4.42. The molecule has 0 saturated heterocycles. The number of ketones is 1. The lowest BCUT2D eigenvalue weighted by Gasteiger charge is -2.08. The van der Waals surface area contributed by atoms with Crippen molar-refractivity contribution in [2.75, 3.05) is 0 Å². The highest BCUT2D eigenvalue weighted by atomic mass is 16.6. The second kappa shape index (κ2) is 6.35. The smallest absolute Gasteiger partial charge is 0.270 e. The number of aryl methyl sites for hydroxylation is 3. The number of benzene rings is 2. The topological polar surface area (TPSA) is 60.2 Å². The molecule has 0 bridgehead atoms. The Hall–Kier alpha value is -2.75. The van der Waals surface area contributed by atoms with Crippen LogP contribution in [0.4, 0.5) is 5.69 Å². The number of nitro benzene ring substituents is 1. The number of hydrogen-bond donors (Lipinski definition) is 0. The third-order valence-electron chi connectivity index (χ3n) is 3.43. The summed E-state index contributed by atoms with van der Waals surface area (Å²) in [5.74, 6) is -0.0958. The number of rotatable bonds is 4. The molecular formula is C18H17NO3. The average Bonchev–Trinajstić information content (AvgIpc) is 2.44. The van der Waals surface area contributed by atoms with Crippen molar-refractivity contribution in [3.63, 3.8) is 0 Å². The van der Waals surface area contributed by atoms with Crippen LogP contribution in [0.15, 0.2) is 42.5 Å². The van der Waals surface area contributed by atoms with Gasteiger partial charge in [-0.05, 0) is 43.5 Å². The lowest BCUT2D eigenvalue weighted by Crippen LogP contribution is -2.02. The first-order valence-corrected chi connectivity index (χ1v) is 6.93. The van der Waals surface area contributed by atoms with E-state index in [1.54, 1.807) is 18.2 Å². The van der Waals surface area contributed by atoms with Gasteiger partial charge in [-0.3, -0.25) is 14.9 Å². The molecule has 0 aliphatic carbocycles. The fraction of sp³-hybridized carbons (Fsp3) is 0.167. The first kappa shape index (κ1) is 15.6. The molecule has 22 heavy (non-hydrogen) atoms. The first-order valence-electron chi connectivity index (χ1n) is 6.93. The number of nitro groups is 1. The summed E-state index contributed by atoms with van der Waals surface area (Å²) in [6.07, 6.45) is 3.07. The first-order chi connectivity index (χ1) is 10.4. The summed E-state index contributed by atoms with van der Waals surface area (Å²) >= 11 is 0. The van der Waals surface area contributed by atoms with Gasteiger partial charge < -0.3 is 0 Å². The largest absolute Gasteiger partial charge is 0.289 e. The van der Waals surface area contributed by atoms with Crippen molar-refractivity contribution in [1.29, 1.82) is 0 Å². The van der Waals surface area contributed by atoms with Crippen LogP contribution in [0.1, 0.15) is 32.6 Å². The summed E-state index contributed by atoms with van der Waals surface area (Å²) in [5, 5.41) is 10.7. The molecule has 0 N–H and O–H groups in total. The van der Waals surface area contributed by atoms with Crippen molar-refractivity contribution in [1.82, 2.24) is 0 Å². The third-order valence-corrected chi connectivity index (χ3v) is 3.43. The summed E-state index contributed by atoms with van der Waals surface area (Å²) in [5.41, 5.74) is 4.32. The van der Waals surface area contributed by atoms with E-state index in [9.17, 15) is 14.9 Å². The molecule has 0 radical (unpaired) electrons. The molecule has 0 spiro atoms. The van der Waals surface area contributed by atoms with Crippen LogP contribution in [0.25, 0.3) is 6.08 Å². The summed E-state index contributed by atoms with van der Waals surface area (Å²) in [4.78, 5) is 22.7. The molecule has 2 aromatic rings. The van der Waals surface area contributed by atoms with Crippen LogP contribution in [-0.4, -0.2) is 10.7 Å². The van der Waals surface area contributed by atoms with E-state index >= 15 is 0 Å². The Balaban J connectivity index is 2.29. The number of non-ortho nitro benzene ring substituents is 1. The molecule has 0 heterocycles. The number of allylic oxidation sites excluding steroid dienone is 1. The van der Waals surface area contributed by atoms with E-state index < -0.39 is 4.92 Å². The number of hydrogen-bond acceptors (Lipinski definition) is 3. The Labute approximate surface area is 129 Å². The molecule has 0 aliphatic rings. The molecular weight excluding hydrogens is 278 g/mol. The normalized spacial score (nSPS) is 10.9. The van der Waals surface area contributed by atoms with E-state index in [0.717, 1.165) is 16.7 Å².